The molecule has 4 nitrogen and oxygen atoms in total. The van der Waals surface area contributed by atoms with Gasteiger partial charge in [0.25, 0.3) is 5.91 Å². The number of nitrogens with one attached hydrogen (secondary N) is 1. The van der Waals surface area contributed by atoms with E-state index in [-0.39, 0.29) is 5.69 Å². The van der Waals surface area contributed by atoms with Gasteiger partial charge in [-0.25, -0.2) is 9.18 Å². The number of hydrogen-bond acceptors (Lipinski definition) is 3. The van der Waals surface area contributed by atoms with Gasteiger partial charge < -0.3 is 10.1 Å². The topological polar surface area (TPSA) is 55.4 Å². The summed E-state index contributed by atoms with van der Waals surface area (Å²) in [7, 11) is 0. The molecule has 5 heteroatoms. The molecule has 120 valence electrons. The minimum atomic E-state index is -0.592. The second-order valence-electron chi connectivity index (χ2n) is 5.38. The Balaban J connectivity index is 2.00. The van der Waals surface area contributed by atoms with E-state index in [9.17, 15) is 14.0 Å². The first-order valence-electron chi connectivity index (χ1n) is 7.18. The van der Waals surface area contributed by atoms with Crippen molar-refractivity contribution in [3.05, 3.63) is 64.5 Å². The minimum Gasteiger partial charge on any atom is -0.452 e. The van der Waals surface area contributed by atoms with E-state index >= 15 is 0 Å². The van der Waals surface area contributed by atoms with Crippen molar-refractivity contribution >= 4 is 17.6 Å². The average Bonchev–Trinajstić information content (AvgIpc) is 2.46. The Morgan fingerprint density at radius 3 is 2.30 bits per heavy atom. The Hall–Kier alpha value is -2.69. The summed E-state index contributed by atoms with van der Waals surface area (Å²) in [6, 6.07) is 9.55. The third-order valence-electron chi connectivity index (χ3n) is 3.36. The van der Waals surface area contributed by atoms with Crippen molar-refractivity contribution in [1.82, 2.24) is 0 Å². The lowest BCUT2D eigenvalue weighted by Crippen LogP contribution is -2.22. The number of hydrogen-bond donors (Lipinski definition) is 1. The molecule has 1 amide bonds. The molecule has 0 bridgehead atoms. The van der Waals surface area contributed by atoms with Crippen molar-refractivity contribution in [2.45, 2.75) is 20.8 Å². The standard InChI is InChI=1S/C18H18FNO3/c1-11-8-12(2)17(13(3)9-11)18(22)23-10-16(21)20-15-7-5-4-6-14(15)19/h4-9H,10H2,1-3H3,(H,20,21). The van der Waals surface area contributed by atoms with Gasteiger partial charge in [-0.15, -0.1) is 0 Å². The largest absolute Gasteiger partial charge is 0.452 e. The van der Waals surface area contributed by atoms with Gasteiger partial charge in [-0.1, -0.05) is 29.8 Å². The van der Waals surface area contributed by atoms with Crippen LogP contribution in [0.5, 0.6) is 0 Å². The van der Waals surface area contributed by atoms with Gasteiger partial charge in [-0.3, -0.25) is 4.79 Å². The first-order valence-corrected chi connectivity index (χ1v) is 7.18. The smallest absolute Gasteiger partial charge is 0.339 e. The monoisotopic (exact) mass is 315 g/mol. The van der Waals surface area contributed by atoms with Crippen molar-refractivity contribution in [3.8, 4) is 0 Å². The SMILES string of the molecule is Cc1cc(C)c(C(=O)OCC(=O)Nc2ccccc2F)c(C)c1. The fourth-order valence-corrected chi connectivity index (χ4v) is 2.45. The summed E-state index contributed by atoms with van der Waals surface area (Å²) in [5, 5.41) is 2.36. The fraction of sp³-hybridized carbons (Fsp3) is 0.222. The lowest BCUT2D eigenvalue weighted by Gasteiger charge is -2.11. The molecule has 23 heavy (non-hydrogen) atoms. The van der Waals surface area contributed by atoms with Crippen LogP contribution in [0.1, 0.15) is 27.0 Å². The summed E-state index contributed by atoms with van der Waals surface area (Å²) < 4.78 is 18.5. The number of carbonyl (C=O) groups is 2. The van der Waals surface area contributed by atoms with E-state index in [0.29, 0.717) is 5.56 Å². The Bertz CT molecular complexity index is 733. The van der Waals surface area contributed by atoms with E-state index in [1.807, 2.05) is 32.9 Å². The van der Waals surface area contributed by atoms with Gasteiger partial charge in [0, 0.05) is 0 Å². The van der Waals surface area contributed by atoms with Gasteiger partial charge in [0.15, 0.2) is 6.61 Å². The number of halogens is 1. The van der Waals surface area contributed by atoms with Crippen molar-refractivity contribution in [2.24, 2.45) is 0 Å². The molecule has 0 fully saturated rings. The molecular formula is C18H18FNO3. The number of amides is 1. The van der Waals surface area contributed by atoms with E-state index in [1.165, 1.54) is 18.2 Å². The highest BCUT2D eigenvalue weighted by atomic mass is 19.1. The Morgan fingerprint density at radius 1 is 1.09 bits per heavy atom. The van der Waals surface area contributed by atoms with Crippen LogP contribution < -0.4 is 5.32 Å². The summed E-state index contributed by atoms with van der Waals surface area (Å²) in [5.41, 5.74) is 3.14. The molecule has 0 saturated carbocycles. The lowest BCUT2D eigenvalue weighted by molar-refractivity contribution is -0.119. The van der Waals surface area contributed by atoms with Gasteiger partial charge in [0.05, 0.1) is 11.3 Å². The number of ether oxygens (including phenoxy) is 1. The van der Waals surface area contributed by atoms with Gasteiger partial charge in [0.2, 0.25) is 0 Å². The molecule has 0 aromatic heterocycles. The lowest BCUT2D eigenvalue weighted by atomic mass is 10.00. The van der Waals surface area contributed by atoms with E-state index in [0.717, 1.165) is 16.7 Å². The molecule has 0 radical (unpaired) electrons. The van der Waals surface area contributed by atoms with Gasteiger partial charge in [-0.05, 0) is 44.0 Å². The first kappa shape index (κ1) is 16.7. The van der Waals surface area contributed by atoms with Crippen LogP contribution in [0.3, 0.4) is 0 Å². The third-order valence-corrected chi connectivity index (χ3v) is 3.36. The molecule has 0 aliphatic heterocycles. The summed E-state index contributed by atoms with van der Waals surface area (Å²) in [6.45, 7) is 5.10. The van der Waals surface area contributed by atoms with Crippen molar-refractivity contribution in [1.29, 1.82) is 0 Å². The Kier molecular flexibility index (Phi) is 5.11. The van der Waals surface area contributed by atoms with Crippen LogP contribution >= 0.6 is 0 Å². The number of esters is 1. The maximum Gasteiger partial charge on any atom is 0.339 e. The van der Waals surface area contributed by atoms with Gasteiger partial charge in [-0.2, -0.15) is 0 Å². The molecule has 0 spiro atoms. The maximum atomic E-state index is 13.4. The van der Waals surface area contributed by atoms with Crippen LogP contribution in [0, 0.1) is 26.6 Å². The molecule has 2 aromatic carbocycles. The van der Waals surface area contributed by atoms with Gasteiger partial charge >= 0.3 is 5.97 Å². The Morgan fingerprint density at radius 2 is 1.70 bits per heavy atom. The zero-order valence-electron chi connectivity index (χ0n) is 13.3. The highest BCUT2D eigenvalue weighted by Gasteiger charge is 2.16. The molecule has 0 atom stereocenters. The second-order valence-corrected chi connectivity index (χ2v) is 5.38. The number of anilines is 1. The molecule has 0 saturated heterocycles. The van der Waals surface area contributed by atoms with Crippen molar-refractivity contribution in [3.63, 3.8) is 0 Å². The zero-order chi connectivity index (χ0) is 17.0. The number of para-hydroxylation sites is 1. The number of rotatable bonds is 4. The van der Waals surface area contributed by atoms with Crippen molar-refractivity contribution in [2.75, 3.05) is 11.9 Å². The third kappa shape index (κ3) is 4.16. The molecule has 0 heterocycles. The molecule has 0 aliphatic carbocycles. The molecule has 0 aliphatic rings. The van der Waals surface area contributed by atoms with E-state index in [4.69, 9.17) is 4.74 Å². The number of benzene rings is 2. The summed E-state index contributed by atoms with van der Waals surface area (Å²) in [5.74, 6) is -1.70. The van der Waals surface area contributed by atoms with E-state index in [2.05, 4.69) is 5.32 Å². The molecule has 0 unspecified atom stereocenters. The quantitative estimate of drug-likeness (QED) is 0.878. The summed E-state index contributed by atoms with van der Waals surface area (Å²) in [6.07, 6.45) is 0. The number of aryl methyl sites for hydroxylation is 3. The van der Waals surface area contributed by atoms with Crippen LogP contribution in [-0.2, 0) is 9.53 Å². The summed E-state index contributed by atoms with van der Waals surface area (Å²) >= 11 is 0. The van der Waals surface area contributed by atoms with E-state index in [1.54, 1.807) is 6.07 Å². The maximum absolute atomic E-state index is 13.4. The summed E-state index contributed by atoms with van der Waals surface area (Å²) in [4.78, 5) is 23.9. The van der Waals surface area contributed by atoms with E-state index < -0.39 is 24.3 Å². The van der Waals surface area contributed by atoms with Gasteiger partial charge in [0.1, 0.15) is 5.82 Å². The predicted molar refractivity (Wildman–Crippen MR) is 86.0 cm³/mol. The average molecular weight is 315 g/mol. The van der Waals surface area contributed by atoms with Crippen LogP contribution in [-0.4, -0.2) is 18.5 Å². The van der Waals surface area contributed by atoms with Crippen molar-refractivity contribution < 1.29 is 18.7 Å². The first-order chi connectivity index (χ1) is 10.9. The van der Waals surface area contributed by atoms with Crippen LogP contribution in [0.4, 0.5) is 10.1 Å². The Labute approximate surface area is 134 Å². The van der Waals surface area contributed by atoms with Crippen LogP contribution in [0.2, 0.25) is 0 Å². The zero-order valence-corrected chi connectivity index (χ0v) is 13.3. The minimum absolute atomic E-state index is 0.0521. The molecule has 2 aromatic rings. The highest BCUT2D eigenvalue weighted by molar-refractivity contribution is 5.97. The normalized spacial score (nSPS) is 10.3. The van der Waals surface area contributed by atoms with Crippen LogP contribution in [0.25, 0.3) is 0 Å². The number of carbonyl (C=O) groups excluding carboxylic acids is 2. The molecule has 1 N–H and O–H groups in total. The highest BCUT2D eigenvalue weighted by Crippen LogP contribution is 2.17. The van der Waals surface area contributed by atoms with Crippen LogP contribution in [0.15, 0.2) is 36.4 Å². The molecule has 2 rings (SSSR count). The fourth-order valence-electron chi connectivity index (χ4n) is 2.45. The predicted octanol–water partition coefficient (Wildman–Crippen LogP) is 3.55. The molecular weight excluding hydrogens is 297 g/mol. The second kappa shape index (κ2) is 7.05.